The van der Waals surface area contributed by atoms with Gasteiger partial charge in [-0.2, -0.15) is 10.5 Å². The molecule has 0 unspecified atom stereocenters. The molecule has 0 aliphatic rings. The van der Waals surface area contributed by atoms with E-state index in [-0.39, 0.29) is 5.76 Å². The summed E-state index contributed by atoms with van der Waals surface area (Å²) in [7, 11) is 0. The lowest BCUT2D eigenvalue weighted by molar-refractivity contribution is -0.134. The van der Waals surface area contributed by atoms with Crippen LogP contribution in [0.1, 0.15) is 29.2 Å². The van der Waals surface area contributed by atoms with Gasteiger partial charge in [0.25, 0.3) is 0 Å². The minimum absolute atomic E-state index is 0.283. The van der Waals surface area contributed by atoms with Crippen molar-refractivity contribution in [3.05, 3.63) is 82.9 Å². The molecule has 0 aliphatic carbocycles. The Morgan fingerprint density at radius 1 is 1.00 bits per heavy atom. The summed E-state index contributed by atoms with van der Waals surface area (Å²) in [5, 5.41) is 18.3. The minimum Gasteiger partial charge on any atom is -0.426 e. The van der Waals surface area contributed by atoms with E-state index in [0.29, 0.717) is 16.7 Å². The highest BCUT2D eigenvalue weighted by atomic mass is 16.5. The van der Waals surface area contributed by atoms with Gasteiger partial charge in [-0.1, -0.05) is 42.5 Å². The van der Waals surface area contributed by atoms with Crippen LogP contribution in [-0.2, 0) is 9.53 Å². The maximum atomic E-state index is 11.3. The first-order valence-electron chi connectivity index (χ1n) is 7.21. The summed E-state index contributed by atoms with van der Waals surface area (Å²) >= 11 is 0. The van der Waals surface area contributed by atoms with Gasteiger partial charge >= 0.3 is 5.97 Å². The highest BCUT2D eigenvalue weighted by Gasteiger charge is 2.09. The zero-order valence-electron chi connectivity index (χ0n) is 13.1. The minimum atomic E-state index is -0.472. The van der Waals surface area contributed by atoms with Gasteiger partial charge in [-0.3, -0.25) is 4.79 Å². The molecule has 4 heteroatoms. The predicted octanol–water partition coefficient (Wildman–Crippen LogP) is 4.05. The molecular weight excluding hydrogens is 300 g/mol. The van der Waals surface area contributed by atoms with Crippen molar-refractivity contribution >= 4 is 17.8 Å². The topological polar surface area (TPSA) is 73.9 Å². The van der Waals surface area contributed by atoms with Crippen molar-refractivity contribution in [2.45, 2.75) is 6.92 Å². The van der Waals surface area contributed by atoms with E-state index in [4.69, 9.17) is 10.00 Å². The number of benzene rings is 2. The Morgan fingerprint density at radius 2 is 1.62 bits per heavy atom. The van der Waals surface area contributed by atoms with Crippen LogP contribution >= 0.6 is 0 Å². The first-order valence-corrected chi connectivity index (χ1v) is 7.21. The van der Waals surface area contributed by atoms with E-state index >= 15 is 0 Å². The maximum Gasteiger partial charge on any atom is 0.308 e. The first-order chi connectivity index (χ1) is 11.7. The number of esters is 1. The van der Waals surface area contributed by atoms with E-state index in [9.17, 15) is 10.1 Å². The van der Waals surface area contributed by atoms with Gasteiger partial charge in [0, 0.05) is 12.5 Å². The molecule has 24 heavy (non-hydrogen) atoms. The SMILES string of the molecule is CC(=O)O/C(=C/C=C/c1ccccc1C#N)c1ccccc1C#N. The van der Waals surface area contributed by atoms with Crippen molar-refractivity contribution in [1.82, 2.24) is 0 Å². The summed E-state index contributed by atoms with van der Waals surface area (Å²) in [6.45, 7) is 1.30. The molecule has 0 amide bonds. The van der Waals surface area contributed by atoms with Crippen molar-refractivity contribution in [1.29, 1.82) is 10.5 Å². The van der Waals surface area contributed by atoms with Crippen LogP contribution in [0.15, 0.2) is 60.7 Å². The van der Waals surface area contributed by atoms with Crippen LogP contribution in [0.5, 0.6) is 0 Å². The lowest BCUT2D eigenvalue weighted by atomic mass is 10.1. The monoisotopic (exact) mass is 314 g/mol. The van der Waals surface area contributed by atoms with Crippen LogP contribution in [0.3, 0.4) is 0 Å². The number of rotatable bonds is 4. The Morgan fingerprint density at radius 3 is 2.29 bits per heavy atom. The van der Waals surface area contributed by atoms with E-state index in [0.717, 1.165) is 5.56 Å². The number of carbonyl (C=O) groups excluding carboxylic acids is 1. The van der Waals surface area contributed by atoms with E-state index < -0.39 is 5.97 Å². The summed E-state index contributed by atoms with van der Waals surface area (Å²) in [4.78, 5) is 11.3. The smallest absolute Gasteiger partial charge is 0.308 e. The Kier molecular flexibility index (Phi) is 5.66. The average molecular weight is 314 g/mol. The molecule has 0 radical (unpaired) electrons. The van der Waals surface area contributed by atoms with Gasteiger partial charge in [-0.25, -0.2) is 0 Å². The van der Waals surface area contributed by atoms with Crippen molar-refractivity contribution in [3.8, 4) is 12.1 Å². The number of hydrogen-bond acceptors (Lipinski definition) is 4. The Labute approximate surface area is 140 Å². The molecule has 0 heterocycles. The van der Waals surface area contributed by atoms with Gasteiger partial charge in [0.1, 0.15) is 5.76 Å². The first kappa shape index (κ1) is 16.7. The number of nitrogens with zero attached hydrogens (tertiary/aromatic N) is 2. The zero-order valence-corrected chi connectivity index (χ0v) is 13.1. The summed E-state index contributed by atoms with van der Waals surface area (Å²) < 4.78 is 5.23. The molecule has 2 rings (SSSR count). The van der Waals surface area contributed by atoms with Crippen molar-refractivity contribution < 1.29 is 9.53 Å². The fourth-order valence-corrected chi connectivity index (χ4v) is 2.11. The molecule has 0 spiro atoms. The predicted molar refractivity (Wildman–Crippen MR) is 91.1 cm³/mol. The summed E-state index contributed by atoms with van der Waals surface area (Å²) in [6, 6.07) is 18.2. The van der Waals surface area contributed by atoms with Gasteiger partial charge in [0.15, 0.2) is 0 Å². The fraction of sp³-hybridized carbons (Fsp3) is 0.0500. The molecule has 0 aliphatic heterocycles. The summed E-state index contributed by atoms with van der Waals surface area (Å²) in [5.41, 5.74) is 2.25. The van der Waals surface area contributed by atoms with Gasteiger partial charge < -0.3 is 4.74 Å². The third-order valence-corrected chi connectivity index (χ3v) is 3.17. The molecular formula is C20H14N2O2. The molecule has 0 saturated heterocycles. The van der Waals surface area contributed by atoms with Gasteiger partial charge in [-0.05, 0) is 29.8 Å². The van der Waals surface area contributed by atoms with E-state index in [1.807, 2.05) is 12.1 Å². The van der Waals surface area contributed by atoms with Crippen molar-refractivity contribution in [2.24, 2.45) is 0 Å². The molecule has 0 atom stereocenters. The lowest BCUT2D eigenvalue weighted by Crippen LogP contribution is -2.00. The molecule has 0 N–H and O–H groups in total. The van der Waals surface area contributed by atoms with Gasteiger partial charge in [0.2, 0.25) is 0 Å². The standard InChI is InChI=1S/C20H14N2O2/c1-15(23)24-20(19-11-5-4-9-18(19)14-22)12-6-10-16-7-2-3-8-17(16)13-21/h2-12H,1H3/b10-6+,20-12+. The molecule has 0 bridgehead atoms. The maximum absolute atomic E-state index is 11.3. The third kappa shape index (κ3) is 4.19. The Hall–Kier alpha value is -3.63. The molecule has 2 aromatic rings. The Balaban J connectivity index is 2.40. The van der Waals surface area contributed by atoms with E-state index in [2.05, 4.69) is 12.1 Å². The largest absolute Gasteiger partial charge is 0.426 e. The normalized spacial score (nSPS) is 10.9. The summed E-state index contributed by atoms with van der Waals surface area (Å²) in [5.74, 6) is -0.190. The fourth-order valence-electron chi connectivity index (χ4n) is 2.11. The molecule has 4 nitrogen and oxygen atoms in total. The number of hydrogen-bond donors (Lipinski definition) is 0. The lowest BCUT2D eigenvalue weighted by Gasteiger charge is -2.08. The van der Waals surface area contributed by atoms with E-state index in [1.165, 1.54) is 6.92 Å². The second-order valence-electron chi connectivity index (χ2n) is 4.84. The molecule has 116 valence electrons. The van der Waals surface area contributed by atoms with Crippen LogP contribution < -0.4 is 0 Å². The second-order valence-corrected chi connectivity index (χ2v) is 4.84. The average Bonchev–Trinajstić information content (AvgIpc) is 2.61. The second kappa shape index (κ2) is 8.12. The molecule has 0 saturated carbocycles. The molecule has 2 aromatic carbocycles. The van der Waals surface area contributed by atoms with Crippen LogP contribution in [0.2, 0.25) is 0 Å². The van der Waals surface area contributed by atoms with Gasteiger partial charge in [-0.15, -0.1) is 0 Å². The summed E-state index contributed by atoms with van der Waals surface area (Å²) in [6.07, 6.45) is 5.03. The Bertz CT molecular complexity index is 896. The van der Waals surface area contributed by atoms with Crippen LogP contribution in [-0.4, -0.2) is 5.97 Å². The molecule has 0 aromatic heterocycles. The van der Waals surface area contributed by atoms with Gasteiger partial charge in [0.05, 0.1) is 23.3 Å². The van der Waals surface area contributed by atoms with Crippen molar-refractivity contribution in [2.75, 3.05) is 0 Å². The quantitative estimate of drug-likeness (QED) is 0.485. The van der Waals surface area contributed by atoms with Crippen LogP contribution in [0.4, 0.5) is 0 Å². The zero-order chi connectivity index (χ0) is 17.4. The van der Waals surface area contributed by atoms with Crippen LogP contribution in [0, 0.1) is 22.7 Å². The highest BCUT2D eigenvalue weighted by molar-refractivity contribution is 5.79. The number of nitriles is 2. The molecule has 0 fully saturated rings. The number of allylic oxidation sites excluding steroid dienone is 2. The van der Waals surface area contributed by atoms with Crippen molar-refractivity contribution in [3.63, 3.8) is 0 Å². The highest BCUT2D eigenvalue weighted by Crippen LogP contribution is 2.21. The van der Waals surface area contributed by atoms with E-state index in [1.54, 1.807) is 54.6 Å². The third-order valence-electron chi connectivity index (χ3n) is 3.17. The number of ether oxygens (including phenoxy) is 1. The van der Waals surface area contributed by atoms with Crippen LogP contribution in [0.25, 0.3) is 11.8 Å². The number of carbonyl (C=O) groups is 1.